The van der Waals surface area contributed by atoms with Crippen LogP contribution in [0.15, 0.2) is 24.3 Å². The van der Waals surface area contributed by atoms with E-state index in [0.717, 1.165) is 18.4 Å². The molecule has 2 atom stereocenters. The molecule has 0 aliphatic rings. The van der Waals surface area contributed by atoms with Crippen molar-refractivity contribution >= 4 is 0 Å². The number of benzene rings is 1. The average Bonchev–Trinajstić information content (AvgIpc) is 2.27. The summed E-state index contributed by atoms with van der Waals surface area (Å²) >= 11 is 0. The standard InChI is InChI=1S/C13H20FNO/c1-3-4-13(16)9-15-10(2)11-5-7-12(14)8-6-11/h5-8,10,13,15-16H,3-4,9H2,1-2H3. The Hall–Kier alpha value is -0.930. The molecule has 1 aromatic rings. The van der Waals surface area contributed by atoms with Gasteiger partial charge >= 0.3 is 0 Å². The zero-order valence-corrected chi connectivity index (χ0v) is 9.91. The number of aliphatic hydroxyl groups excluding tert-OH is 1. The van der Waals surface area contributed by atoms with Gasteiger partial charge < -0.3 is 10.4 Å². The first-order chi connectivity index (χ1) is 7.63. The fraction of sp³-hybridized carbons (Fsp3) is 0.538. The molecule has 0 amide bonds. The van der Waals surface area contributed by atoms with Crippen LogP contribution in [-0.4, -0.2) is 17.8 Å². The average molecular weight is 225 g/mol. The van der Waals surface area contributed by atoms with Crippen molar-refractivity contribution in [1.82, 2.24) is 5.32 Å². The molecule has 0 fully saturated rings. The Morgan fingerprint density at radius 3 is 2.50 bits per heavy atom. The molecular formula is C13H20FNO. The summed E-state index contributed by atoms with van der Waals surface area (Å²) in [5.41, 5.74) is 1.03. The monoisotopic (exact) mass is 225 g/mol. The van der Waals surface area contributed by atoms with Crippen molar-refractivity contribution < 1.29 is 9.50 Å². The first-order valence-electron chi connectivity index (χ1n) is 5.80. The van der Waals surface area contributed by atoms with Gasteiger partial charge in [0, 0.05) is 12.6 Å². The summed E-state index contributed by atoms with van der Waals surface area (Å²) in [4.78, 5) is 0. The molecule has 90 valence electrons. The maximum Gasteiger partial charge on any atom is 0.123 e. The second-order valence-electron chi connectivity index (χ2n) is 4.12. The van der Waals surface area contributed by atoms with E-state index in [1.165, 1.54) is 12.1 Å². The summed E-state index contributed by atoms with van der Waals surface area (Å²) in [6, 6.07) is 6.57. The Labute approximate surface area is 96.5 Å². The van der Waals surface area contributed by atoms with E-state index in [0.29, 0.717) is 6.54 Å². The lowest BCUT2D eigenvalue weighted by Crippen LogP contribution is -2.28. The van der Waals surface area contributed by atoms with Gasteiger partial charge in [-0.25, -0.2) is 4.39 Å². The lowest BCUT2D eigenvalue weighted by Gasteiger charge is -2.17. The molecule has 16 heavy (non-hydrogen) atoms. The fourth-order valence-corrected chi connectivity index (χ4v) is 1.62. The molecule has 0 saturated carbocycles. The molecule has 2 unspecified atom stereocenters. The van der Waals surface area contributed by atoms with Gasteiger partial charge in [-0.2, -0.15) is 0 Å². The van der Waals surface area contributed by atoms with Crippen LogP contribution in [0.1, 0.15) is 38.3 Å². The largest absolute Gasteiger partial charge is 0.392 e. The third kappa shape index (κ3) is 4.29. The predicted octanol–water partition coefficient (Wildman–Crippen LogP) is 2.64. The van der Waals surface area contributed by atoms with Crippen molar-refractivity contribution in [3.05, 3.63) is 35.6 Å². The molecule has 2 N–H and O–H groups in total. The highest BCUT2D eigenvalue weighted by atomic mass is 19.1. The van der Waals surface area contributed by atoms with Crippen LogP contribution >= 0.6 is 0 Å². The lowest BCUT2D eigenvalue weighted by molar-refractivity contribution is 0.157. The van der Waals surface area contributed by atoms with E-state index in [1.807, 2.05) is 13.8 Å². The molecule has 0 spiro atoms. The first-order valence-corrected chi connectivity index (χ1v) is 5.80. The molecule has 1 rings (SSSR count). The summed E-state index contributed by atoms with van der Waals surface area (Å²) in [5.74, 6) is -0.220. The molecule has 0 bridgehead atoms. The topological polar surface area (TPSA) is 32.3 Å². The quantitative estimate of drug-likeness (QED) is 0.780. The Morgan fingerprint density at radius 1 is 1.31 bits per heavy atom. The van der Waals surface area contributed by atoms with E-state index in [9.17, 15) is 9.50 Å². The minimum Gasteiger partial charge on any atom is -0.392 e. The van der Waals surface area contributed by atoms with Crippen LogP contribution in [0.25, 0.3) is 0 Å². The van der Waals surface area contributed by atoms with E-state index in [4.69, 9.17) is 0 Å². The second-order valence-corrected chi connectivity index (χ2v) is 4.12. The van der Waals surface area contributed by atoms with Gasteiger partial charge in [0.1, 0.15) is 5.82 Å². The van der Waals surface area contributed by atoms with E-state index < -0.39 is 0 Å². The Bertz CT molecular complexity index is 299. The summed E-state index contributed by atoms with van der Waals surface area (Å²) in [7, 11) is 0. The van der Waals surface area contributed by atoms with Crippen molar-refractivity contribution in [3.63, 3.8) is 0 Å². The van der Waals surface area contributed by atoms with E-state index in [-0.39, 0.29) is 18.0 Å². The van der Waals surface area contributed by atoms with Gasteiger partial charge in [0.05, 0.1) is 6.10 Å². The van der Waals surface area contributed by atoms with E-state index in [2.05, 4.69) is 5.32 Å². The van der Waals surface area contributed by atoms with Crippen LogP contribution in [0.2, 0.25) is 0 Å². The normalized spacial score (nSPS) is 14.8. The maximum atomic E-state index is 12.7. The summed E-state index contributed by atoms with van der Waals surface area (Å²) in [6.45, 7) is 4.63. The molecule has 0 aliphatic carbocycles. The smallest absolute Gasteiger partial charge is 0.123 e. The Kier molecular flexibility index (Phi) is 5.43. The van der Waals surface area contributed by atoms with Gasteiger partial charge in [-0.05, 0) is 31.0 Å². The molecule has 0 saturated heterocycles. The van der Waals surface area contributed by atoms with Crippen LogP contribution in [0.4, 0.5) is 4.39 Å². The number of nitrogens with one attached hydrogen (secondary N) is 1. The SMILES string of the molecule is CCCC(O)CNC(C)c1ccc(F)cc1. The minimum atomic E-state index is -0.298. The minimum absolute atomic E-state index is 0.132. The van der Waals surface area contributed by atoms with Crippen molar-refractivity contribution in [1.29, 1.82) is 0 Å². The molecule has 1 aromatic carbocycles. The Morgan fingerprint density at radius 2 is 1.94 bits per heavy atom. The van der Waals surface area contributed by atoms with E-state index in [1.54, 1.807) is 12.1 Å². The van der Waals surface area contributed by atoms with Gasteiger partial charge in [-0.1, -0.05) is 25.5 Å². The van der Waals surface area contributed by atoms with Crippen molar-refractivity contribution in [2.75, 3.05) is 6.54 Å². The lowest BCUT2D eigenvalue weighted by atomic mass is 10.1. The zero-order valence-electron chi connectivity index (χ0n) is 9.91. The van der Waals surface area contributed by atoms with Crippen LogP contribution in [-0.2, 0) is 0 Å². The number of hydrogen-bond donors (Lipinski definition) is 2. The van der Waals surface area contributed by atoms with Gasteiger partial charge in [0.15, 0.2) is 0 Å². The fourth-order valence-electron chi connectivity index (χ4n) is 1.62. The molecule has 3 heteroatoms. The zero-order chi connectivity index (χ0) is 12.0. The van der Waals surface area contributed by atoms with Crippen LogP contribution in [0, 0.1) is 5.82 Å². The third-order valence-electron chi connectivity index (χ3n) is 2.65. The van der Waals surface area contributed by atoms with Crippen molar-refractivity contribution in [2.24, 2.45) is 0 Å². The number of halogens is 1. The molecule has 0 heterocycles. The van der Waals surface area contributed by atoms with Crippen LogP contribution in [0.5, 0.6) is 0 Å². The highest BCUT2D eigenvalue weighted by Crippen LogP contribution is 2.12. The Balaban J connectivity index is 2.40. The van der Waals surface area contributed by atoms with Gasteiger partial charge in [0.2, 0.25) is 0 Å². The number of hydrogen-bond acceptors (Lipinski definition) is 2. The molecule has 2 nitrogen and oxygen atoms in total. The number of aliphatic hydroxyl groups is 1. The van der Waals surface area contributed by atoms with Gasteiger partial charge in [0.25, 0.3) is 0 Å². The highest BCUT2D eigenvalue weighted by molar-refractivity contribution is 5.19. The second kappa shape index (κ2) is 6.61. The maximum absolute atomic E-state index is 12.7. The molecule has 0 aliphatic heterocycles. The van der Waals surface area contributed by atoms with Crippen molar-refractivity contribution in [3.8, 4) is 0 Å². The summed E-state index contributed by atoms with van der Waals surface area (Å²) < 4.78 is 12.7. The highest BCUT2D eigenvalue weighted by Gasteiger charge is 2.07. The third-order valence-corrected chi connectivity index (χ3v) is 2.65. The molecular weight excluding hydrogens is 205 g/mol. The van der Waals surface area contributed by atoms with Gasteiger partial charge in [-0.3, -0.25) is 0 Å². The predicted molar refractivity (Wildman–Crippen MR) is 63.7 cm³/mol. The number of rotatable bonds is 6. The van der Waals surface area contributed by atoms with Crippen molar-refractivity contribution in [2.45, 2.75) is 38.8 Å². The molecule has 0 radical (unpaired) electrons. The van der Waals surface area contributed by atoms with Crippen LogP contribution < -0.4 is 5.32 Å². The van der Waals surface area contributed by atoms with Crippen LogP contribution in [0.3, 0.4) is 0 Å². The molecule has 0 aromatic heterocycles. The van der Waals surface area contributed by atoms with E-state index >= 15 is 0 Å². The first kappa shape index (κ1) is 13.1. The summed E-state index contributed by atoms with van der Waals surface area (Å²) in [6.07, 6.45) is 1.49. The summed E-state index contributed by atoms with van der Waals surface area (Å²) in [5, 5.41) is 12.8. The van der Waals surface area contributed by atoms with Gasteiger partial charge in [-0.15, -0.1) is 0 Å².